The van der Waals surface area contributed by atoms with Crippen LogP contribution in [0.5, 0.6) is 0 Å². The zero-order valence-corrected chi connectivity index (χ0v) is 12.3. The van der Waals surface area contributed by atoms with Crippen molar-refractivity contribution in [1.82, 2.24) is 0 Å². The molecule has 0 saturated heterocycles. The first-order valence-corrected chi connectivity index (χ1v) is 10.7. The zero-order chi connectivity index (χ0) is 11.3. The summed E-state index contributed by atoms with van der Waals surface area (Å²) in [4.78, 5) is 0. The maximum Gasteiger partial charge on any atom is 0.0904 e. The average Bonchev–Trinajstić information content (AvgIpc) is 2.81. The topological polar surface area (TPSA) is 0 Å². The Morgan fingerprint density at radius 2 is 1.69 bits per heavy atom. The third kappa shape index (κ3) is 1.54. The third-order valence-electron chi connectivity index (χ3n) is 2.87. The second kappa shape index (κ2) is 3.42. The van der Waals surface area contributed by atoms with Gasteiger partial charge in [-0.15, -0.1) is 22.7 Å². The molecule has 3 heteroatoms. The summed E-state index contributed by atoms with van der Waals surface area (Å²) < 4.78 is 4.47. The number of hydrogen-bond donors (Lipinski definition) is 0. The summed E-state index contributed by atoms with van der Waals surface area (Å²) in [7, 11) is -1.16. The Hall–Kier alpha value is -0.643. The van der Waals surface area contributed by atoms with E-state index in [1.54, 1.807) is 4.50 Å². The molecule has 0 bridgehead atoms. The molecule has 2 heterocycles. The van der Waals surface area contributed by atoms with Gasteiger partial charge in [0.1, 0.15) is 0 Å². The summed E-state index contributed by atoms with van der Waals surface area (Å²) in [5.74, 6) is 0. The summed E-state index contributed by atoms with van der Waals surface area (Å²) >= 11 is 3.82. The highest BCUT2D eigenvalue weighted by Gasteiger charge is 2.19. The highest BCUT2D eigenvalue weighted by Crippen LogP contribution is 2.32. The normalized spacial score (nSPS) is 12.7. The molecule has 3 aromatic rings. The van der Waals surface area contributed by atoms with Crippen LogP contribution >= 0.6 is 22.7 Å². The van der Waals surface area contributed by atoms with Crippen molar-refractivity contribution < 1.29 is 0 Å². The van der Waals surface area contributed by atoms with E-state index in [1.807, 2.05) is 22.7 Å². The van der Waals surface area contributed by atoms with Gasteiger partial charge in [0, 0.05) is 20.2 Å². The summed E-state index contributed by atoms with van der Waals surface area (Å²) in [6.07, 6.45) is 0. The van der Waals surface area contributed by atoms with Crippen LogP contribution in [0, 0.1) is 0 Å². The van der Waals surface area contributed by atoms with Crippen molar-refractivity contribution in [2.24, 2.45) is 0 Å². The van der Waals surface area contributed by atoms with Crippen LogP contribution in [0.3, 0.4) is 0 Å². The van der Waals surface area contributed by atoms with Crippen molar-refractivity contribution in [3.05, 3.63) is 29.6 Å². The fraction of sp³-hybridized carbons (Fsp3) is 0.231. The molecule has 1 aromatic carbocycles. The Balaban J connectivity index is 2.39. The van der Waals surface area contributed by atoms with E-state index in [9.17, 15) is 0 Å². The van der Waals surface area contributed by atoms with Crippen LogP contribution in [0.25, 0.3) is 20.2 Å². The van der Waals surface area contributed by atoms with Crippen LogP contribution < -0.4 is 4.50 Å². The van der Waals surface area contributed by atoms with E-state index in [0.717, 1.165) is 0 Å². The molecule has 0 radical (unpaired) electrons. The largest absolute Gasteiger partial charge is 0.145 e. The summed E-state index contributed by atoms with van der Waals surface area (Å²) in [5, 5.41) is 5.08. The zero-order valence-electron chi connectivity index (χ0n) is 9.70. The Morgan fingerprint density at radius 3 is 2.44 bits per heavy atom. The van der Waals surface area contributed by atoms with Gasteiger partial charge in [-0.25, -0.2) is 0 Å². The maximum atomic E-state index is 2.43. The van der Waals surface area contributed by atoms with Crippen molar-refractivity contribution in [3.63, 3.8) is 0 Å². The maximum absolute atomic E-state index is 2.43. The van der Waals surface area contributed by atoms with E-state index in [-0.39, 0.29) is 0 Å². The monoisotopic (exact) mass is 262 g/mol. The molecular formula is C13H14S2Si. The number of thiophene rings is 2. The molecule has 0 nitrogen and oxygen atoms in total. The van der Waals surface area contributed by atoms with E-state index in [2.05, 4.69) is 49.3 Å². The highest BCUT2D eigenvalue weighted by atomic mass is 32.1. The summed E-state index contributed by atoms with van der Waals surface area (Å²) in [5.41, 5.74) is 0. The second-order valence-electron chi connectivity index (χ2n) is 5.17. The van der Waals surface area contributed by atoms with Gasteiger partial charge in [-0.3, -0.25) is 0 Å². The van der Waals surface area contributed by atoms with E-state index in [1.165, 1.54) is 20.2 Å². The predicted molar refractivity (Wildman–Crippen MR) is 80.2 cm³/mol. The minimum absolute atomic E-state index is 1.16. The lowest BCUT2D eigenvalue weighted by Gasteiger charge is -2.11. The van der Waals surface area contributed by atoms with Gasteiger partial charge in [0.05, 0.1) is 8.07 Å². The molecule has 0 aliphatic rings. The van der Waals surface area contributed by atoms with Crippen LogP contribution in [0.4, 0.5) is 0 Å². The Morgan fingerprint density at radius 1 is 0.938 bits per heavy atom. The molecule has 16 heavy (non-hydrogen) atoms. The lowest BCUT2D eigenvalue weighted by atomic mass is 10.2. The molecule has 3 rings (SSSR count). The first-order valence-electron chi connectivity index (χ1n) is 5.46. The fourth-order valence-electron chi connectivity index (χ4n) is 1.93. The van der Waals surface area contributed by atoms with Crippen molar-refractivity contribution in [2.45, 2.75) is 19.6 Å². The molecule has 0 amide bonds. The van der Waals surface area contributed by atoms with E-state index >= 15 is 0 Å². The van der Waals surface area contributed by atoms with E-state index in [0.29, 0.717) is 0 Å². The van der Waals surface area contributed by atoms with Gasteiger partial charge >= 0.3 is 0 Å². The Labute approximate surface area is 105 Å². The van der Waals surface area contributed by atoms with Crippen LogP contribution in [0.15, 0.2) is 29.6 Å². The minimum Gasteiger partial charge on any atom is -0.145 e. The quantitative estimate of drug-likeness (QED) is 0.559. The van der Waals surface area contributed by atoms with Gasteiger partial charge in [0.2, 0.25) is 0 Å². The van der Waals surface area contributed by atoms with Crippen molar-refractivity contribution in [2.75, 3.05) is 0 Å². The Bertz CT molecular complexity index is 655. The van der Waals surface area contributed by atoms with Gasteiger partial charge < -0.3 is 0 Å². The SMILES string of the molecule is C[Si](C)(C)c1cc2c(ccc3sccc32)s1. The molecule has 0 fully saturated rings. The highest BCUT2D eigenvalue weighted by molar-refractivity contribution is 7.31. The lowest BCUT2D eigenvalue weighted by Crippen LogP contribution is -2.34. The fourth-order valence-corrected chi connectivity index (χ4v) is 5.70. The predicted octanol–water partition coefficient (Wildman–Crippen LogP) is 4.66. The first-order chi connectivity index (χ1) is 7.55. The molecule has 0 unspecified atom stereocenters. The summed E-state index contributed by atoms with van der Waals surface area (Å²) in [6, 6.07) is 9.22. The lowest BCUT2D eigenvalue weighted by molar-refractivity contribution is 1.79. The second-order valence-corrected chi connectivity index (χ2v) is 12.6. The van der Waals surface area contributed by atoms with Crippen LogP contribution in [-0.4, -0.2) is 8.07 Å². The van der Waals surface area contributed by atoms with Gasteiger partial charge in [0.15, 0.2) is 0 Å². The molecule has 0 spiro atoms. The summed E-state index contributed by atoms with van der Waals surface area (Å²) in [6.45, 7) is 7.26. The molecule has 0 aliphatic heterocycles. The third-order valence-corrected chi connectivity index (χ3v) is 8.43. The minimum atomic E-state index is -1.16. The van der Waals surface area contributed by atoms with Gasteiger partial charge in [0.25, 0.3) is 0 Å². The number of rotatable bonds is 1. The van der Waals surface area contributed by atoms with Gasteiger partial charge in [-0.2, -0.15) is 0 Å². The van der Waals surface area contributed by atoms with Gasteiger partial charge in [-0.1, -0.05) is 19.6 Å². The van der Waals surface area contributed by atoms with Crippen LogP contribution in [0.2, 0.25) is 19.6 Å². The smallest absolute Gasteiger partial charge is 0.0904 e. The van der Waals surface area contributed by atoms with E-state index in [4.69, 9.17) is 0 Å². The van der Waals surface area contributed by atoms with E-state index < -0.39 is 8.07 Å². The molecule has 82 valence electrons. The average molecular weight is 262 g/mol. The van der Waals surface area contributed by atoms with Crippen molar-refractivity contribution in [3.8, 4) is 0 Å². The molecular weight excluding hydrogens is 248 g/mol. The molecule has 0 atom stereocenters. The number of benzene rings is 1. The van der Waals surface area contributed by atoms with Crippen molar-refractivity contribution in [1.29, 1.82) is 0 Å². The van der Waals surface area contributed by atoms with Gasteiger partial charge in [-0.05, 0) is 34.1 Å². The van der Waals surface area contributed by atoms with Crippen LogP contribution in [-0.2, 0) is 0 Å². The van der Waals surface area contributed by atoms with Crippen LogP contribution in [0.1, 0.15) is 0 Å². The molecule has 0 saturated carbocycles. The number of fused-ring (bicyclic) bond motifs is 3. The van der Waals surface area contributed by atoms with Crippen molar-refractivity contribution >= 4 is 55.4 Å². The molecule has 2 aromatic heterocycles. The standard InChI is InChI=1S/C13H14S2Si/c1-16(2,3)13-8-10-9-6-7-14-11(9)4-5-12(10)15-13/h4-8H,1-3H3. The number of hydrogen-bond acceptors (Lipinski definition) is 2. The molecule has 0 aliphatic carbocycles. The molecule has 0 N–H and O–H groups in total. The first kappa shape index (κ1) is 10.5. The Kier molecular flexibility index (Phi) is 2.25.